The van der Waals surface area contributed by atoms with E-state index in [1.807, 2.05) is 84.9 Å². The first kappa shape index (κ1) is 27.8. The van der Waals surface area contributed by atoms with Crippen molar-refractivity contribution in [2.45, 2.75) is 0 Å². The van der Waals surface area contributed by atoms with Gasteiger partial charge in [-0.25, -0.2) is 34.7 Å². The minimum atomic E-state index is -1.10. The minimum Gasteiger partial charge on any atom is -0.478 e. The number of fused-ring (bicyclic) bond motifs is 20. The van der Waals surface area contributed by atoms with Gasteiger partial charge in [-0.05, 0) is 18.2 Å². The number of nitrogens with one attached hydrogen (secondary N) is 2. The van der Waals surface area contributed by atoms with Gasteiger partial charge in [-0.1, -0.05) is 97.1 Å². The Morgan fingerprint density at radius 3 is 1.44 bits per heavy atom. The first-order valence-electron chi connectivity index (χ1n) is 15.8. The first-order chi connectivity index (χ1) is 24.6. The second kappa shape index (κ2) is 10.6. The Hall–Kier alpha value is -7.27. The molecule has 236 valence electrons. The second-order valence-corrected chi connectivity index (χ2v) is 11.8. The van der Waals surface area contributed by atoms with Crippen molar-refractivity contribution in [3.63, 3.8) is 0 Å². The number of H-pyrrole nitrogens is 2. The number of para-hydroxylation sites is 1. The predicted octanol–water partition coefficient (Wildman–Crippen LogP) is 8.36. The highest BCUT2D eigenvalue weighted by Gasteiger charge is 2.26. The van der Waals surface area contributed by atoms with Crippen LogP contribution in [0.25, 0.3) is 89.7 Å². The number of hydrogen-bond acceptors (Lipinski definition) is 8. The molecule has 0 unspecified atom stereocenters. The molecule has 8 bridgehead atoms. The number of carbonyl (C=O) groups is 1. The van der Waals surface area contributed by atoms with Crippen LogP contribution in [0.15, 0.2) is 115 Å². The van der Waals surface area contributed by atoms with Crippen molar-refractivity contribution in [3.8, 4) is 57.1 Å². The van der Waals surface area contributed by atoms with Gasteiger partial charge in [-0.3, -0.25) is 0 Å². The SMILES string of the molecule is O=C(O)c1ccccc1Oc1cccc2c1-c1nc-2nc2[nH]c(nc3nc(nc4[nH]c(n1)c1ccccc41)-c1ccccc1-3)c1ccccc21. The van der Waals surface area contributed by atoms with Crippen LogP contribution in [0.4, 0.5) is 0 Å². The molecular formula is C39H22N8O3. The van der Waals surface area contributed by atoms with Gasteiger partial charge in [0, 0.05) is 38.2 Å². The average molecular weight is 651 g/mol. The third-order valence-corrected chi connectivity index (χ3v) is 8.88. The number of benzene rings is 5. The van der Waals surface area contributed by atoms with Crippen LogP contribution in [0.2, 0.25) is 0 Å². The van der Waals surface area contributed by atoms with Gasteiger partial charge in [-0.2, -0.15) is 0 Å². The summed E-state index contributed by atoms with van der Waals surface area (Å²) in [7, 11) is 0. The number of carboxylic acid groups (broad SMARTS) is 1. The lowest BCUT2D eigenvalue weighted by molar-refractivity contribution is 0.0694. The first-order valence-corrected chi connectivity index (χ1v) is 15.8. The maximum Gasteiger partial charge on any atom is 0.339 e. The molecular weight excluding hydrogens is 628 g/mol. The van der Waals surface area contributed by atoms with E-state index in [-0.39, 0.29) is 11.3 Å². The predicted molar refractivity (Wildman–Crippen MR) is 190 cm³/mol. The number of aromatic carboxylic acids is 1. The van der Waals surface area contributed by atoms with E-state index in [0.717, 1.165) is 32.7 Å². The summed E-state index contributed by atoms with van der Waals surface area (Å²) in [5, 5.41) is 13.3. The summed E-state index contributed by atoms with van der Waals surface area (Å²) in [4.78, 5) is 49.0. The highest BCUT2D eigenvalue weighted by Crippen LogP contribution is 2.43. The van der Waals surface area contributed by atoms with Gasteiger partial charge < -0.3 is 19.8 Å². The Morgan fingerprint density at radius 1 is 0.460 bits per heavy atom. The number of ether oxygens (including phenoxy) is 1. The molecule has 0 saturated heterocycles. The van der Waals surface area contributed by atoms with E-state index in [4.69, 9.17) is 34.6 Å². The molecule has 11 heteroatoms. The van der Waals surface area contributed by atoms with Crippen LogP contribution in [0, 0.1) is 0 Å². The molecule has 3 N–H and O–H groups in total. The van der Waals surface area contributed by atoms with E-state index < -0.39 is 5.97 Å². The van der Waals surface area contributed by atoms with Crippen molar-refractivity contribution in [2.75, 3.05) is 0 Å². The van der Waals surface area contributed by atoms with Crippen LogP contribution in [-0.4, -0.2) is 50.9 Å². The molecule has 10 rings (SSSR count). The van der Waals surface area contributed by atoms with E-state index in [1.54, 1.807) is 24.3 Å². The smallest absolute Gasteiger partial charge is 0.339 e. The molecule has 0 fully saturated rings. The fourth-order valence-electron chi connectivity index (χ4n) is 6.59. The van der Waals surface area contributed by atoms with Crippen LogP contribution in [-0.2, 0) is 0 Å². The zero-order valence-electron chi connectivity index (χ0n) is 25.9. The molecule has 0 radical (unpaired) electrons. The van der Waals surface area contributed by atoms with Gasteiger partial charge in [0.15, 0.2) is 23.3 Å². The Balaban J connectivity index is 1.34. The Bertz CT molecular complexity index is 2910. The quantitative estimate of drug-likeness (QED) is 0.171. The van der Waals surface area contributed by atoms with Gasteiger partial charge in [0.2, 0.25) is 0 Å². The number of aromatic amines is 2. The molecule has 0 amide bonds. The highest BCUT2D eigenvalue weighted by molar-refractivity contribution is 6.06. The molecule has 8 aromatic rings. The van der Waals surface area contributed by atoms with Crippen molar-refractivity contribution in [2.24, 2.45) is 0 Å². The fourth-order valence-corrected chi connectivity index (χ4v) is 6.59. The molecule has 3 aromatic heterocycles. The lowest BCUT2D eigenvalue weighted by atomic mass is 10.1. The van der Waals surface area contributed by atoms with Gasteiger partial charge in [0.1, 0.15) is 39.7 Å². The standard InChI is InChI=1S/C39H22N8O3/c48-39(49)26-16-7-8-18-28(26)50-29-19-9-17-27-30(29)38-46-36-25-15-6-5-14-24(25)34(44-36)42-32-21-11-2-1-10-20(21)31(40-32)41-33-22-12-3-4-13-23(22)35(43-33)45-37(27)47-38/h1-19H,(H,48,49)(H2,40,41,42,43,44,45,46,47). The summed E-state index contributed by atoms with van der Waals surface area (Å²) < 4.78 is 6.33. The van der Waals surface area contributed by atoms with Gasteiger partial charge in [0.25, 0.3) is 0 Å². The summed E-state index contributed by atoms with van der Waals surface area (Å²) in [6, 6.07) is 35.6. The molecule has 0 saturated carbocycles. The van der Waals surface area contributed by atoms with Gasteiger partial charge in [0.05, 0.1) is 5.56 Å². The van der Waals surface area contributed by atoms with Crippen molar-refractivity contribution in [1.29, 1.82) is 0 Å². The Kier molecular flexibility index (Phi) is 5.91. The van der Waals surface area contributed by atoms with Crippen molar-refractivity contribution >= 4 is 50.1 Å². The molecule has 2 aliphatic rings. The molecule has 5 aromatic carbocycles. The molecule has 2 aliphatic heterocycles. The Labute approximate surface area is 282 Å². The average Bonchev–Trinajstić information content (AvgIpc) is 3.88. The normalized spacial score (nSPS) is 11.8. The lowest BCUT2D eigenvalue weighted by Crippen LogP contribution is -2.00. The van der Waals surface area contributed by atoms with Crippen LogP contribution in [0.5, 0.6) is 11.5 Å². The minimum absolute atomic E-state index is 0.0327. The zero-order chi connectivity index (χ0) is 33.3. The van der Waals surface area contributed by atoms with Crippen molar-refractivity contribution in [3.05, 3.63) is 121 Å². The zero-order valence-corrected chi connectivity index (χ0v) is 25.9. The van der Waals surface area contributed by atoms with E-state index >= 15 is 0 Å². The van der Waals surface area contributed by atoms with E-state index in [9.17, 15) is 9.90 Å². The van der Waals surface area contributed by atoms with E-state index in [1.165, 1.54) is 6.07 Å². The van der Waals surface area contributed by atoms with Gasteiger partial charge >= 0.3 is 5.97 Å². The number of carboxylic acids is 1. The molecule has 11 nitrogen and oxygen atoms in total. The summed E-state index contributed by atoms with van der Waals surface area (Å²) in [6.45, 7) is 0. The van der Waals surface area contributed by atoms with Crippen LogP contribution < -0.4 is 4.74 Å². The molecule has 0 aliphatic carbocycles. The van der Waals surface area contributed by atoms with E-state index in [0.29, 0.717) is 62.8 Å². The van der Waals surface area contributed by atoms with Crippen molar-refractivity contribution in [1.82, 2.24) is 39.9 Å². The second-order valence-electron chi connectivity index (χ2n) is 11.8. The summed E-state index contributed by atoms with van der Waals surface area (Å²) in [5.41, 5.74) is 5.30. The Morgan fingerprint density at radius 2 is 0.880 bits per heavy atom. The van der Waals surface area contributed by atoms with Crippen LogP contribution >= 0.6 is 0 Å². The molecule has 0 atom stereocenters. The summed E-state index contributed by atoms with van der Waals surface area (Å²) >= 11 is 0. The fraction of sp³-hybridized carbons (Fsp3) is 0. The highest BCUT2D eigenvalue weighted by atomic mass is 16.5. The molecule has 5 heterocycles. The van der Waals surface area contributed by atoms with E-state index in [2.05, 4.69) is 9.97 Å². The lowest BCUT2D eigenvalue weighted by Gasteiger charge is -2.11. The number of rotatable bonds is 3. The molecule has 50 heavy (non-hydrogen) atoms. The largest absolute Gasteiger partial charge is 0.478 e. The van der Waals surface area contributed by atoms with Crippen LogP contribution in [0.1, 0.15) is 10.4 Å². The monoisotopic (exact) mass is 650 g/mol. The van der Waals surface area contributed by atoms with Gasteiger partial charge in [-0.15, -0.1) is 0 Å². The maximum absolute atomic E-state index is 12.1. The van der Waals surface area contributed by atoms with Crippen LogP contribution in [0.3, 0.4) is 0 Å². The van der Waals surface area contributed by atoms with Crippen molar-refractivity contribution < 1.29 is 14.6 Å². The summed E-state index contributed by atoms with van der Waals surface area (Å²) in [5.74, 6) is 1.28. The third-order valence-electron chi connectivity index (χ3n) is 8.88. The topological polar surface area (TPSA) is 155 Å². The number of aromatic nitrogens is 8. The maximum atomic E-state index is 12.1. The summed E-state index contributed by atoms with van der Waals surface area (Å²) in [6.07, 6.45) is 0. The number of nitrogens with zero attached hydrogens (tertiary/aromatic N) is 6. The number of hydrogen-bond donors (Lipinski definition) is 3. The molecule has 0 spiro atoms. The third kappa shape index (κ3) is 4.27.